The normalized spacial score (nSPS) is 10.1. The van der Waals surface area contributed by atoms with Crippen molar-refractivity contribution in [3.05, 3.63) is 102 Å². The van der Waals surface area contributed by atoms with Crippen molar-refractivity contribution < 1.29 is 0 Å². The molecule has 0 aliphatic rings. The first kappa shape index (κ1) is 19.1. The predicted octanol–water partition coefficient (Wildman–Crippen LogP) is 8.07. The fraction of sp³-hybridized carbons (Fsp3) is 0. The fourth-order valence-electron chi connectivity index (χ4n) is 3.03. The van der Waals surface area contributed by atoms with E-state index in [9.17, 15) is 0 Å². The lowest BCUT2D eigenvalue weighted by molar-refractivity contribution is 1.64. The zero-order valence-electron chi connectivity index (χ0n) is 15.7. The van der Waals surface area contributed by atoms with E-state index in [0.29, 0.717) is 0 Å². The number of hydrogen-bond donors (Lipinski definition) is 0. The summed E-state index contributed by atoms with van der Waals surface area (Å²) in [5, 5.41) is 8.33. The second-order valence-corrected chi connectivity index (χ2v) is 10.1. The van der Waals surface area contributed by atoms with Crippen molar-refractivity contribution in [3.8, 4) is 45.9 Å². The molecule has 0 amide bonds. The zero-order valence-corrected chi connectivity index (χ0v) is 19.0. The first-order valence-corrected chi connectivity index (χ1v) is 12.8. The summed E-state index contributed by atoms with van der Waals surface area (Å²) in [5.41, 5.74) is 4.77. The van der Waals surface area contributed by atoms with Gasteiger partial charge in [-0.25, -0.2) is 0 Å². The van der Waals surface area contributed by atoms with Crippen molar-refractivity contribution in [2.75, 3.05) is 0 Å². The standard InChI is InChI=1S/C26H14S4/c1-3-21(27-15-1)9-11-25-23(13-17-29-25)19-5-7-20(8-6-19)24-14-18-30-26(24)12-10-22-4-2-16-28-22/h1-8,13-18H. The molecule has 0 N–H and O–H groups in total. The van der Waals surface area contributed by atoms with E-state index >= 15 is 0 Å². The van der Waals surface area contributed by atoms with E-state index in [1.165, 1.54) is 22.3 Å². The predicted molar refractivity (Wildman–Crippen MR) is 134 cm³/mol. The van der Waals surface area contributed by atoms with Crippen molar-refractivity contribution in [1.82, 2.24) is 0 Å². The molecule has 0 aliphatic carbocycles. The summed E-state index contributed by atoms with van der Waals surface area (Å²) in [7, 11) is 0. The first-order valence-electron chi connectivity index (χ1n) is 9.24. The SMILES string of the molecule is C(#Cc1sccc1-c1ccc(-c2ccsc2C#Cc2cccs2)cc1)c1cccs1. The smallest absolute Gasteiger partial charge is 0.0850 e. The molecule has 5 rings (SSSR count). The zero-order chi connectivity index (χ0) is 20.2. The van der Waals surface area contributed by atoms with Crippen LogP contribution in [0.1, 0.15) is 19.5 Å². The van der Waals surface area contributed by atoms with Gasteiger partial charge in [-0.05, 0) is 80.6 Å². The third-order valence-corrected chi connectivity index (χ3v) is 7.71. The number of thiophene rings is 4. The van der Waals surface area contributed by atoms with E-state index in [-0.39, 0.29) is 0 Å². The largest absolute Gasteiger partial charge is 0.135 e. The first-order chi connectivity index (χ1) is 14.9. The molecular formula is C26H14S4. The van der Waals surface area contributed by atoms with Gasteiger partial charge < -0.3 is 0 Å². The molecule has 0 saturated carbocycles. The second kappa shape index (κ2) is 8.88. The average Bonchev–Trinajstić information content (AvgIpc) is 3.58. The lowest BCUT2D eigenvalue weighted by Gasteiger charge is -2.03. The molecule has 30 heavy (non-hydrogen) atoms. The van der Waals surface area contributed by atoms with E-state index in [0.717, 1.165) is 19.5 Å². The highest BCUT2D eigenvalue weighted by molar-refractivity contribution is 7.12. The van der Waals surface area contributed by atoms with Crippen LogP contribution in [-0.2, 0) is 0 Å². The Morgan fingerprint density at radius 3 is 1.30 bits per heavy atom. The highest BCUT2D eigenvalue weighted by atomic mass is 32.1. The van der Waals surface area contributed by atoms with Crippen molar-refractivity contribution in [2.24, 2.45) is 0 Å². The minimum Gasteiger partial charge on any atom is -0.135 e. The molecular weight excluding hydrogens is 441 g/mol. The maximum Gasteiger partial charge on any atom is 0.0850 e. The summed E-state index contributed by atoms with van der Waals surface area (Å²) >= 11 is 6.73. The molecule has 0 radical (unpaired) electrons. The van der Waals surface area contributed by atoms with Crippen LogP contribution < -0.4 is 0 Å². The molecule has 1 aromatic carbocycles. The van der Waals surface area contributed by atoms with Gasteiger partial charge in [-0.3, -0.25) is 0 Å². The van der Waals surface area contributed by atoms with Gasteiger partial charge in [0.15, 0.2) is 0 Å². The molecule has 0 bridgehead atoms. The third-order valence-electron chi connectivity index (χ3n) is 4.48. The molecule has 4 heteroatoms. The molecule has 0 nitrogen and oxygen atoms in total. The highest BCUT2D eigenvalue weighted by Gasteiger charge is 2.08. The Balaban J connectivity index is 1.42. The molecule has 0 atom stereocenters. The lowest BCUT2D eigenvalue weighted by Crippen LogP contribution is -1.81. The minimum absolute atomic E-state index is 1.10. The minimum atomic E-state index is 1.10. The summed E-state index contributed by atoms with van der Waals surface area (Å²) in [5.74, 6) is 13.2. The highest BCUT2D eigenvalue weighted by Crippen LogP contribution is 2.32. The Hall–Kier alpha value is -2.86. The van der Waals surface area contributed by atoms with Crippen LogP contribution >= 0.6 is 45.3 Å². The van der Waals surface area contributed by atoms with Crippen molar-refractivity contribution in [2.45, 2.75) is 0 Å². The van der Waals surface area contributed by atoms with E-state index in [2.05, 4.69) is 93.7 Å². The van der Waals surface area contributed by atoms with Crippen LogP contribution in [-0.4, -0.2) is 0 Å². The molecule has 0 aliphatic heterocycles. The van der Waals surface area contributed by atoms with Crippen molar-refractivity contribution in [3.63, 3.8) is 0 Å². The van der Waals surface area contributed by atoms with Gasteiger partial charge in [0, 0.05) is 11.1 Å². The van der Waals surface area contributed by atoms with Gasteiger partial charge >= 0.3 is 0 Å². The van der Waals surface area contributed by atoms with E-state index < -0.39 is 0 Å². The molecule has 142 valence electrons. The summed E-state index contributed by atoms with van der Waals surface area (Å²) in [6.45, 7) is 0. The second-order valence-electron chi connectivity index (χ2n) is 6.36. The van der Waals surface area contributed by atoms with E-state index in [1.54, 1.807) is 45.3 Å². The van der Waals surface area contributed by atoms with Crippen molar-refractivity contribution >= 4 is 45.3 Å². The van der Waals surface area contributed by atoms with Gasteiger partial charge in [-0.15, -0.1) is 45.3 Å². The van der Waals surface area contributed by atoms with Crippen LogP contribution in [0.2, 0.25) is 0 Å². The quantitative estimate of drug-likeness (QED) is 0.237. The van der Waals surface area contributed by atoms with Gasteiger partial charge in [0.25, 0.3) is 0 Å². The molecule has 4 aromatic heterocycles. The Labute approximate surface area is 192 Å². The van der Waals surface area contributed by atoms with E-state index in [1.807, 2.05) is 12.1 Å². The van der Waals surface area contributed by atoms with Crippen LogP contribution in [0, 0.1) is 23.7 Å². The molecule has 0 spiro atoms. The maximum atomic E-state index is 3.34. The van der Waals surface area contributed by atoms with Crippen LogP contribution in [0.4, 0.5) is 0 Å². The molecule has 5 aromatic rings. The van der Waals surface area contributed by atoms with Gasteiger partial charge in [-0.2, -0.15) is 0 Å². The Kier molecular flexibility index (Phi) is 5.66. The van der Waals surface area contributed by atoms with Crippen LogP contribution in [0.25, 0.3) is 22.3 Å². The molecule has 4 heterocycles. The molecule has 0 unspecified atom stereocenters. The van der Waals surface area contributed by atoms with Crippen LogP contribution in [0.15, 0.2) is 82.2 Å². The summed E-state index contributed by atoms with van der Waals surface area (Å²) in [6.07, 6.45) is 0. The fourth-order valence-corrected chi connectivity index (χ4v) is 5.70. The average molecular weight is 455 g/mol. The Bertz CT molecular complexity index is 1260. The van der Waals surface area contributed by atoms with Gasteiger partial charge in [0.1, 0.15) is 0 Å². The summed E-state index contributed by atoms with van der Waals surface area (Å²) in [6, 6.07) is 21.2. The van der Waals surface area contributed by atoms with Gasteiger partial charge in [0.05, 0.1) is 19.5 Å². The number of rotatable bonds is 2. The van der Waals surface area contributed by atoms with Crippen molar-refractivity contribution in [1.29, 1.82) is 0 Å². The van der Waals surface area contributed by atoms with Gasteiger partial charge in [-0.1, -0.05) is 36.4 Å². The molecule has 0 saturated heterocycles. The topological polar surface area (TPSA) is 0 Å². The Morgan fingerprint density at radius 2 is 0.900 bits per heavy atom. The molecule has 0 fully saturated rings. The van der Waals surface area contributed by atoms with E-state index in [4.69, 9.17) is 0 Å². The summed E-state index contributed by atoms with van der Waals surface area (Å²) in [4.78, 5) is 4.40. The van der Waals surface area contributed by atoms with Crippen LogP contribution in [0.5, 0.6) is 0 Å². The maximum absolute atomic E-state index is 3.34. The lowest BCUT2D eigenvalue weighted by atomic mass is 10.0. The number of benzene rings is 1. The third kappa shape index (κ3) is 4.19. The Morgan fingerprint density at radius 1 is 0.433 bits per heavy atom. The van der Waals surface area contributed by atoms with Crippen LogP contribution in [0.3, 0.4) is 0 Å². The monoisotopic (exact) mass is 454 g/mol. The van der Waals surface area contributed by atoms with Gasteiger partial charge in [0.2, 0.25) is 0 Å². The summed E-state index contributed by atoms with van der Waals surface area (Å²) < 4.78 is 0. The number of hydrogen-bond acceptors (Lipinski definition) is 4.